The lowest BCUT2D eigenvalue weighted by atomic mass is 9.89. The second-order valence-corrected chi connectivity index (χ2v) is 12.4. The number of likely N-dealkylation sites (N-methyl/N-ethyl adjacent to an activating group) is 1. The molecule has 0 aliphatic carbocycles. The van der Waals surface area contributed by atoms with Crippen LogP contribution in [-0.2, 0) is 22.6 Å². The third-order valence-electron chi connectivity index (χ3n) is 9.09. The van der Waals surface area contributed by atoms with Crippen molar-refractivity contribution in [3.63, 3.8) is 0 Å². The van der Waals surface area contributed by atoms with Gasteiger partial charge < -0.3 is 30.3 Å². The molecule has 2 amide bonds. The number of nitrogens with zero attached hydrogens (tertiary/aromatic N) is 1. The van der Waals surface area contributed by atoms with Crippen molar-refractivity contribution >= 4 is 6.03 Å². The summed E-state index contributed by atoms with van der Waals surface area (Å²) in [5.74, 6) is 0.00650. The van der Waals surface area contributed by atoms with Gasteiger partial charge in [-0.15, -0.1) is 0 Å². The summed E-state index contributed by atoms with van der Waals surface area (Å²) in [6, 6.07) is 33.7. The SMILES string of the molecule is CCNC(=O)NCc1cccc(-c2cccc([C@@H]3O[C@H](CN(C)[C@@H](C)[C@H](O)c4ccccc4)[C@H](C)[C@H](c4ccc(CO)cc4)O3)c2)c1. The number of hydrogen-bond acceptors (Lipinski definition) is 6. The molecule has 8 nitrogen and oxygen atoms in total. The molecule has 1 heterocycles. The highest BCUT2D eigenvalue weighted by Gasteiger charge is 2.39. The smallest absolute Gasteiger partial charge is 0.315 e. The van der Waals surface area contributed by atoms with Gasteiger partial charge in [0, 0.05) is 37.2 Å². The Hall–Kier alpha value is -4.05. The van der Waals surface area contributed by atoms with Gasteiger partial charge in [0.15, 0.2) is 6.29 Å². The first-order chi connectivity index (χ1) is 22.8. The zero-order valence-corrected chi connectivity index (χ0v) is 27.7. The van der Waals surface area contributed by atoms with Crippen LogP contribution in [0, 0.1) is 5.92 Å². The van der Waals surface area contributed by atoms with E-state index < -0.39 is 12.4 Å². The lowest BCUT2D eigenvalue weighted by Gasteiger charge is -2.43. The van der Waals surface area contributed by atoms with Gasteiger partial charge in [-0.05, 0) is 66.4 Å². The number of benzene rings is 4. The van der Waals surface area contributed by atoms with Crippen LogP contribution in [0.2, 0.25) is 0 Å². The molecule has 4 aromatic rings. The number of ether oxygens (including phenoxy) is 2. The van der Waals surface area contributed by atoms with Crippen LogP contribution in [0.5, 0.6) is 0 Å². The molecule has 248 valence electrons. The van der Waals surface area contributed by atoms with Crippen LogP contribution in [0.4, 0.5) is 4.79 Å². The van der Waals surface area contributed by atoms with Crippen molar-refractivity contribution in [2.75, 3.05) is 20.1 Å². The number of amides is 2. The molecule has 6 atom stereocenters. The molecule has 0 unspecified atom stereocenters. The number of carbonyl (C=O) groups is 1. The van der Waals surface area contributed by atoms with Crippen molar-refractivity contribution in [1.29, 1.82) is 0 Å². The highest BCUT2D eigenvalue weighted by Crippen LogP contribution is 2.42. The van der Waals surface area contributed by atoms with E-state index in [9.17, 15) is 15.0 Å². The average molecular weight is 638 g/mol. The van der Waals surface area contributed by atoms with Crippen molar-refractivity contribution in [2.45, 2.75) is 64.6 Å². The minimum atomic E-state index is -0.641. The Balaban J connectivity index is 1.39. The Labute approximate surface area is 278 Å². The van der Waals surface area contributed by atoms with Gasteiger partial charge in [0.1, 0.15) is 0 Å². The maximum Gasteiger partial charge on any atom is 0.315 e. The van der Waals surface area contributed by atoms with E-state index in [0.717, 1.165) is 38.9 Å². The van der Waals surface area contributed by atoms with Crippen LogP contribution in [0.1, 0.15) is 67.1 Å². The highest BCUT2D eigenvalue weighted by atomic mass is 16.7. The minimum Gasteiger partial charge on any atom is -0.392 e. The molecule has 47 heavy (non-hydrogen) atoms. The maximum atomic E-state index is 11.9. The summed E-state index contributed by atoms with van der Waals surface area (Å²) in [6.07, 6.45) is -1.71. The van der Waals surface area contributed by atoms with Crippen LogP contribution >= 0.6 is 0 Å². The van der Waals surface area contributed by atoms with E-state index in [2.05, 4.69) is 46.7 Å². The molecule has 5 rings (SSSR count). The molecule has 0 saturated carbocycles. The van der Waals surface area contributed by atoms with Gasteiger partial charge in [-0.1, -0.05) is 97.9 Å². The van der Waals surface area contributed by atoms with Crippen LogP contribution in [0.15, 0.2) is 103 Å². The second-order valence-electron chi connectivity index (χ2n) is 12.4. The average Bonchev–Trinajstić information content (AvgIpc) is 3.11. The van der Waals surface area contributed by atoms with Gasteiger partial charge in [-0.2, -0.15) is 0 Å². The number of aliphatic hydroxyl groups excluding tert-OH is 2. The molecule has 4 N–H and O–H groups in total. The third kappa shape index (κ3) is 8.66. The maximum absolute atomic E-state index is 11.9. The largest absolute Gasteiger partial charge is 0.392 e. The highest BCUT2D eigenvalue weighted by molar-refractivity contribution is 5.74. The van der Waals surface area contributed by atoms with Crippen LogP contribution < -0.4 is 10.6 Å². The van der Waals surface area contributed by atoms with E-state index in [1.165, 1.54) is 0 Å². The van der Waals surface area contributed by atoms with Gasteiger partial charge in [0.25, 0.3) is 0 Å². The summed E-state index contributed by atoms with van der Waals surface area (Å²) in [7, 11) is 2.02. The topological polar surface area (TPSA) is 103 Å². The predicted octanol–water partition coefficient (Wildman–Crippen LogP) is 6.51. The summed E-state index contributed by atoms with van der Waals surface area (Å²) < 4.78 is 13.5. The molecule has 0 bridgehead atoms. The van der Waals surface area contributed by atoms with Crippen molar-refractivity contribution < 1.29 is 24.5 Å². The quantitative estimate of drug-likeness (QED) is 0.141. The fraction of sp³-hybridized carbons (Fsp3) is 0.359. The molecule has 4 aromatic carbocycles. The number of carbonyl (C=O) groups excluding carboxylic acids is 1. The second kappa shape index (κ2) is 16.2. The van der Waals surface area contributed by atoms with E-state index in [1.807, 2.05) is 99.8 Å². The van der Waals surface area contributed by atoms with Crippen molar-refractivity contribution in [2.24, 2.45) is 5.92 Å². The van der Waals surface area contributed by atoms with E-state index in [4.69, 9.17) is 9.47 Å². The Bertz CT molecular complexity index is 1580. The van der Waals surface area contributed by atoms with E-state index in [1.54, 1.807) is 0 Å². The minimum absolute atomic E-state index is 0.00650. The van der Waals surface area contributed by atoms with Crippen molar-refractivity contribution in [1.82, 2.24) is 15.5 Å². The van der Waals surface area contributed by atoms with Gasteiger partial charge >= 0.3 is 6.03 Å². The molecule has 0 radical (unpaired) electrons. The zero-order chi connectivity index (χ0) is 33.3. The summed E-state index contributed by atoms with van der Waals surface area (Å²) in [6.45, 7) is 7.65. The molecule has 1 aliphatic rings. The van der Waals surface area contributed by atoms with E-state index in [0.29, 0.717) is 19.6 Å². The predicted molar refractivity (Wildman–Crippen MR) is 184 cm³/mol. The van der Waals surface area contributed by atoms with Crippen LogP contribution in [0.3, 0.4) is 0 Å². The number of hydrogen-bond donors (Lipinski definition) is 4. The molecular formula is C39H47N3O5. The van der Waals surface area contributed by atoms with E-state index in [-0.39, 0.29) is 36.8 Å². The molecule has 1 fully saturated rings. The van der Waals surface area contributed by atoms with Crippen molar-refractivity contribution in [3.05, 3.63) is 131 Å². The van der Waals surface area contributed by atoms with Crippen LogP contribution in [-0.4, -0.2) is 53.4 Å². The molecule has 8 heteroatoms. The van der Waals surface area contributed by atoms with Gasteiger partial charge in [-0.25, -0.2) is 4.79 Å². The molecule has 1 saturated heterocycles. The number of aliphatic hydroxyl groups is 2. The Morgan fingerprint density at radius 1 is 0.851 bits per heavy atom. The lowest BCUT2D eigenvalue weighted by Crippen LogP contribution is -2.46. The molecule has 0 spiro atoms. The first-order valence-corrected chi connectivity index (χ1v) is 16.4. The normalized spacial score (nSPS) is 20.8. The Kier molecular flexibility index (Phi) is 11.8. The first-order valence-electron chi connectivity index (χ1n) is 16.4. The Morgan fingerprint density at radius 2 is 1.55 bits per heavy atom. The summed E-state index contributed by atoms with van der Waals surface area (Å²) in [5.41, 5.74) is 6.71. The van der Waals surface area contributed by atoms with E-state index >= 15 is 0 Å². The van der Waals surface area contributed by atoms with Crippen LogP contribution in [0.25, 0.3) is 11.1 Å². The number of nitrogens with one attached hydrogen (secondary N) is 2. The first kappa shape index (κ1) is 34.3. The molecule has 0 aromatic heterocycles. The lowest BCUT2D eigenvalue weighted by molar-refractivity contribution is -0.276. The van der Waals surface area contributed by atoms with Gasteiger partial charge in [-0.3, -0.25) is 4.90 Å². The summed E-state index contributed by atoms with van der Waals surface area (Å²) in [5, 5.41) is 26.4. The fourth-order valence-corrected chi connectivity index (χ4v) is 6.08. The third-order valence-corrected chi connectivity index (χ3v) is 9.09. The van der Waals surface area contributed by atoms with Crippen molar-refractivity contribution in [3.8, 4) is 11.1 Å². The Morgan fingerprint density at radius 3 is 2.26 bits per heavy atom. The monoisotopic (exact) mass is 637 g/mol. The number of rotatable bonds is 12. The fourth-order valence-electron chi connectivity index (χ4n) is 6.08. The zero-order valence-electron chi connectivity index (χ0n) is 27.7. The molecule has 1 aliphatic heterocycles. The standard InChI is InChI=1S/C39H47N3O5/c1-5-40-39(45)41-23-29-11-9-14-32(21-29)33-15-10-16-34(22-33)38-46-35(24-42(4)27(3)36(44)30-12-7-6-8-13-30)26(2)37(47-38)31-19-17-28(25-43)18-20-31/h6-22,26-27,35-38,43-44H,5,23-25H2,1-4H3,(H2,40,41,45)/t26-,27-,35+,36-,37+,38+/m0/s1. The summed E-state index contributed by atoms with van der Waals surface area (Å²) in [4.78, 5) is 14.1. The van der Waals surface area contributed by atoms with Gasteiger partial charge in [0.2, 0.25) is 0 Å². The number of urea groups is 1. The van der Waals surface area contributed by atoms with Gasteiger partial charge in [0.05, 0.1) is 24.9 Å². The summed E-state index contributed by atoms with van der Waals surface area (Å²) >= 11 is 0. The molecular weight excluding hydrogens is 590 g/mol.